The zero-order valence-electron chi connectivity index (χ0n) is 57.5. The Hall–Kier alpha value is -8.23. The van der Waals surface area contributed by atoms with Crippen LogP contribution in [0.3, 0.4) is 0 Å². The lowest BCUT2D eigenvalue weighted by atomic mass is 9.86. The molecule has 0 aromatic heterocycles. The van der Waals surface area contributed by atoms with E-state index in [4.69, 9.17) is 16.2 Å². The summed E-state index contributed by atoms with van der Waals surface area (Å²) >= 11 is 0. The standard InChI is InChI=1S/C63H107N15O17/c1-16-22-36-49(84)69-37(25-21-26-66-59(64)65)50(85)74-43(33(5)17-2)56(91)75-44(34(6)81)55(90)67-29-42(82)68-40(30-79)53(88)72-41(31-80)54(89)76-45(35-23-19-18-20-24-35)46(57(92)78-47(58(93)70-36)48(83)32(3)4)77-52(87)38(27-61(7,8)9)71-51(86)39(28-62(10,11)12)73-60(94)95-63(13,14)15/h18-20,23-24,32-34,36-41,43-48,79-81,83H,16-17,21-22,25-31H2,1-15H3,(H,67,90)(H,68,82)(H,69,84)(H,70,93)(H,71,86)(H,72,88)(H,73,94)(H,74,85)(H,75,91)(H,76,89)(H,77,87)(H,78,92)(H4,64,65,66)/t33-,34-,36-,37+,38-,39+,40-,41?,43-,44-,45+,46-,47-,48+/m0/s1. The molecule has 1 aromatic rings. The summed E-state index contributed by atoms with van der Waals surface area (Å²) in [4.78, 5) is 176. The summed E-state index contributed by atoms with van der Waals surface area (Å²) in [5.41, 5.74) is 8.82. The van der Waals surface area contributed by atoms with Crippen LogP contribution in [0.1, 0.15) is 160 Å². The van der Waals surface area contributed by atoms with Crippen molar-refractivity contribution >= 4 is 77.0 Å². The van der Waals surface area contributed by atoms with E-state index in [0.29, 0.717) is 0 Å². The molecule has 32 heteroatoms. The number of hydrogen-bond donors (Lipinski definition) is 18. The van der Waals surface area contributed by atoms with Crippen molar-refractivity contribution in [3.8, 4) is 0 Å². The summed E-state index contributed by atoms with van der Waals surface area (Å²) in [6.45, 7) is 21.4. The number of nitrogens with two attached hydrogens (primary N) is 2. The molecule has 1 aliphatic heterocycles. The number of carbonyl (C=O) groups is 12. The van der Waals surface area contributed by atoms with Crippen LogP contribution in [0.15, 0.2) is 35.3 Å². The lowest BCUT2D eigenvalue weighted by molar-refractivity contribution is -0.139. The van der Waals surface area contributed by atoms with Gasteiger partial charge in [0.2, 0.25) is 65.0 Å². The normalized spacial score (nSPS) is 24.0. The van der Waals surface area contributed by atoms with E-state index in [1.165, 1.54) is 38.1 Å². The predicted octanol–water partition coefficient (Wildman–Crippen LogP) is -2.62. The van der Waals surface area contributed by atoms with Crippen LogP contribution in [0.2, 0.25) is 0 Å². The monoisotopic (exact) mass is 1350 g/mol. The Labute approximate surface area is 556 Å². The number of nitrogens with zero attached hydrogens (tertiary/aromatic N) is 1. The van der Waals surface area contributed by atoms with E-state index in [2.05, 4.69) is 68.8 Å². The third-order valence-electron chi connectivity index (χ3n) is 15.0. The maximum atomic E-state index is 15.6. The van der Waals surface area contributed by atoms with Gasteiger partial charge in [0.05, 0.1) is 38.0 Å². The lowest BCUT2D eigenvalue weighted by Gasteiger charge is -2.35. The highest BCUT2D eigenvalue weighted by molar-refractivity contribution is 6.00. The van der Waals surface area contributed by atoms with E-state index >= 15 is 9.59 Å². The molecule has 32 nitrogen and oxygen atoms in total. The van der Waals surface area contributed by atoms with Crippen LogP contribution < -0.4 is 75.3 Å². The summed E-state index contributed by atoms with van der Waals surface area (Å²) in [6.07, 6.45) is -4.23. The number of nitrogens with one attached hydrogen (secondary N) is 12. The first-order valence-electron chi connectivity index (χ1n) is 32.0. The van der Waals surface area contributed by atoms with Gasteiger partial charge in [0.1, 0.15) is 66.0 Å². The van der Waals surface area contributed by atoms with Crippen LogP contribution in [0.25, 0.3) is 0 Å². The fraction of sp³-hybridized carbons (Fsp3) is 0.698. The molecular weight excluding hydrogens is 1240 g/mol. The summed E-state index contributed by atoms with van der Waals surface area (Å²) < 4.78 is 5.47. The number of amides is 12. The molecule has 0 saturated carbocycles. The largest absolute Gasteiger partial charge is 0.444 e. The van der Waals surface area contributed by atoms with E-state index in [1.54, 1.807) is 68.4 Å². The van der Waals surface area contributed by atoms with Crippen molar-refractivity contribution in [1.82, 2.24) is 63.8 Å². The zero-order chi connectivity index (χ0) is 72.5. The first kappa shape index (κ1) is 82.9. The van der Waals surface area contributed by atoms with Crippen molar-refractivity contribution < 1.29 is 82.7 Å². The van der Waals surface area contributed by atoms with Gasteiger partial charge in [0.15, 0.2) is 5.96 Å². The number of aliphatic hydroxyl groups is 4. The number of hydrogen-bond acceptors (Lipinski definition) is 18. The second-order valence-corrected chi connectivity index (χ2v) is 27.6. The predicted molar refractivity (Wildman–Crippen MR) is 350 cm³/mol. The van der Waals surface area contributed by atoms with Crippen LogP contribution in [0.4, 0.5) is 4.79 Å². The van der Waals surface area contributed by atoms with E-state index in [0.717, 1.165) is 6.92 Å². The van der Waals surface area contributed by atoms with Gasteiger partial charge in [-0.25, -0.2) is 4.79 Å². The van der Waals surface area contributed by atoms with Crippen LogP contribution in [-0.2, 0) is 57.5 Å². The molecule has 14 atom stereocenters. The molecule has 1 fully saturated rings. The number of aliphatic imine (C=N–C) groups is 1. The Morgan fingerprint density at radius 2 is 1.08 bits per heavy atom. The smallest absolute Gasteiger partial charge is 0.408 e. The van der Waals surface area contributed by atoms with Crippen molar-refractivity contribution in [3.63, 3.8) is 0 Å². The molecule has 536 valence electrons. The minimum Gasteiger partial charge on any atom is -0.444 e. The minimum absolute atomic E-state index is 0.0321. The number of rotatable bonds is 21. The molecule has 95 heavy (non-hydrogen) atoms. The summed E-state index contributed by atoms with van der Waals surface area (Å²) in [5.74, 6) is -13.8. The van der Waals surface area contributed by atoms with Gasteiger partial charge in [-0.15, -0.1) is 0 Å². The number of carbonyl (C=O) groups excluding carboxylic acids is 12. The molecule has 20 N–H and O–H groups in total. The highest BCUT2D eigenvalue weighted by Crippen LogP contribution is 2.26. The fourth-order valence-electron chi connectivity index (χ4n) is 9.78. The Bertz CT molecular complexity index is 2800. The van der Waals surface area contributed by atoms with E-state index < -0.39 is 198 Å². The highest BCUT2D eigenvalue weighted by Gasteiger charge is 2.43. The SMILES string of the molecule is CCC[C@@H]1NC(=O)[C@H]([C@H](O)C(C)C)NC(=O)[C@@H](NC(=O)[C@H](CC(C)(C)C)NC(=O)[C@@H](CC(C)(C)C)NC(=O)OC(C)(C)C)[C@@H](c2ccccc2)NC(=O)C(CO)NC(=O)[C@H](CO)NC(=O)CNC(=O)[C@H]([C@H](C)O)NC(=O)[C@H]([C@@H](C)CC)NC(=O)[C@@H](CCCN=C(N)N)NC1=O. The minimum atomic E-state index is -2.10. The van der Waals surface area contributed by atoms with E-state index in [1.807, 2.05) is 20.8 Å². The van der Waals surface area contributed by atoms with Gasteiger partial charge >= 0.3 is 6.09 Å². The number of ether oxygens (including phenoxy) is 1. The first-order chi connectivity index (χ1) is 44.1. The van der Waals surface area contributed by atoms with Crippen molar-refractivity contribution in [1.29, 1.82) is 0 Å². The quantitative estimate of drug-likeness (QED) is 0.0340. The third kappa shape index (κ3) is 29.1. The maximum Gasteiger partial charge on any atom is 0.408 e. The number of alkyl carbamates (subject to hydrolysis) is 1. The van der Waals surface area contributed by atoms with Crippen molar-refractivity contribution in [2.45, 2.75) is 233 Å². The molecule has 0 bridgehead atoms. The topological polar surface area (TPSA) is 504 Å². The molecule has 1 unspecified atom stereocenters. The zero-order valence-corrected chi connectivity index (χ0v) is 57.5. The van der Waals surface area contributed by atoms with E-state index in [-0.39, 0.29) is 63.0 Å². The first-order valence-corrected chi connectivity index (χ1v) is 32.0. The molecular formula is C63H107N15O17. The number of aliphatic hydroxyl groups excluding tert-OH is 4. The molecule has 1 aliphatic rings. The molecule has 1 aromatic carbocycles. The number of guanidine groups is 1. The van der Waals surface area contributed by atoms with Gasteiger partial charge in [0.25, 0.3) is 0 Å². The fourth-order valence-corrected chi connectivity index (χ4v) is 9.78. The molecule has 1 saturated heterocycles. The summed E-state index contributed by atoms with van der Waals surface area (Å²) in [5, 5.41) is 73.7. The van der Waals surface area contributed by atoms with Crippen LogP contribution in [-0.4, -0.2) is 202 Å². The van der Waals surface area contributed by atoms with Crippen molar-refractivity contribution in [2.75, 3.05) is 26.3 Å². The van der Waals surface area contributed by atoms with Gasteiger partial charge < -0.3 is 100 Å². The third-order valence-corrected chi connectivity index (χ3v) is 15.0. The molecule has 12 amide bonds. The summed E-state index contributed by atoms with van der Waals surface area (Å²) in [6, 6.07) is -11.4. The van der Waals surface area contributed by atoms with Gasteiger partial charge in [-0.1, -0.05) is 119 Å². The van der Waals surface area contributed by atoms with E-state index in [9.17, 15) is 68.4 Å². The highest BCUT2D eigenvalue weighted by atomic mass is 16.6. The van der Waals surface area contributed by atoms with Crippen molar-refractivity contribution in [3.05, 3.63) is 35.9 Å². The van der Waals surface area contributed by atoms with Gasteiger partial charge in [0, 0.05) is 6.54 Å². The second-order valence-electron chi connectivity index (χ2n) is 27.6. The lowest BCUT2D eigenvalue weighted by Crippen LogP contribution is -2.65. The average Bonchev–Trinajstić information content (AvgIpc) is 0.831. The van der Waals surface area contributed by atoms with Crippen LogP contribution in [0, 0.1) is 22.7 Å². The molecule has 0 aliphatic carbocycles. The Morgan fingerprint density at radius 1 is 0.600 bits per heavy atom. The molecule has 1 heterocycles. The number of benzene rings is 1. The van der Waals surface area contributed by atoms with Gasteiger partial charge in [-0.2, -0.15) is 0 Å². The van der Waals surface area contributed by atoms with Crippen molar-refractivity contribution in [2.24, 2.45) is 39.1 Å². The second kappa shape index (κ2) is 38.4. The summed E-state index contributed by atoms with van der Waals surface area (Å²) in [7, 11) is 0. The van der Waals surface area contributed by atoms with Crippen LogP contribution >= 0.6 is 0 Å². The van der Waals surface area contributed by atoms with Crippen LogP contribution in [0.5, 0.6) is 0 Å². The molecule has 0 spiro atoms. The molecule has 2 rings (SSSR count). The Kier molecular flexibility index (Phi) is 33.5. The molecule has 0 radical (unpaired) electrons. The Balaban J connectivity index is 3.12. The Morgan fingerprint density at radius 3 is 1.60 bits per heavy atom. The van der Waals surface area contributed by atoms with Gasteiger partial charge in [-0.3, -0.25) is 57.7 Å². The average molecular weight is 1350 g/mol. The van der Waals surface area contributed by atoms with Gasteiger partial charge in [-0.05, 0) is 88.0 Å². The maximum absolute atomic E-state index is 15.6.